The first-order valence-corrected chi connectivity index (χ1v) is 5.93. The summed E-state index contributed by atoms with van der Waals surface area (Å²) in [6.07, 6.45) is 0.939. The predicted molar refractivity (Wildman–Crippen MR) is 68.1 cm³/mol. The van der Waals surface area contributed by atoms with Gasteiger partial charge in [0.1, 0.15) is 5.75 Å². The zero-order chi connectivity index (χ0) is 13.2. The minimum Gasteiger partial charge on any atom is -0.506 e. The Morgan fingerprint density at radius 1 is 1.24 bits per heavy atom. The van der Waals surface area contributed by atoms with E-state index in [1.165, 1.54) is 0 Å². The third-order valence-corrected chi connectivity index (χ3v) is 2.84. The fraction of sp³-hybridized carbons (Fsp3) is 0.615. The number of hydrogen-bond acceptors (Lipinski definition) is 4. The highest BCUT2D eigenvalue weighted by Crippen LogP contribution is 2.31. The maximum absolute atomic E-state index is 10.3. The molecule has 1 rings (SSSR count). The lowest BCUT2D eigenvalue weighted by Crippen LogP contribution is -2.37. The van der Waals surface area contributed by atoms with Crippen molar-refractivity contribution in [1.82, 2.24) is 10.3 Å². The van der Waals surface area contributed by atoms with Crippen LogP contribution in [0.25, 0.3) is 0 Å². The van der Waals surface area contributed by atoms with Crippen LogP contribution in [0, 0.1) is 13.8 Å². The summed E-state index contributed by atoms with van der Waals surface area (Å²) in [6.45, 7) is 9.51. The predicted octanol–water partition coefficient (Wildman–Crippen LogP) is 1.82. The van der Waals surface area contributed by atoms with Crippen molar-refractivity contribution in [3.8, 4) is 5.75 Å². The van der Waals surface area contributed by atoms with E-state index in [1.807, 2.05) is 27.7 Å². The Hall–Kier alpha value is -1.13. The molecule has 0 spiro atoms. The summed E-state index contributed by atoms with van der Waals surface area (Å²) in [5.41, 5.74) is 1.91. The highest BCUT2D eigenvalue weighted by Gasteiger charge is 2.23. The van der Waals surface area contributed by atoms with Crippen LogP contribution < -0.4 is 5.32 Å². The summed E-state index contributed by atoms with van der Waals surface area (Å²) in [5, 5.41) is 23.5. The van der Waals surface area contributed by atoms with Crippen LogP contribution in [-0.2, 0) is 0 Å². The van der Waals surface area contributed by atoms with E-state index in [0.29, 0.717) is 11.3 Å². The zero-order valence-corrected chi connectivity index (χ0v) is 11.2. The van der Waals surface area contributed by atoms with Crippen LogP contribution in [0.2, 0.25) is 0 Å². The van der Waals surface area contributed by atoms with E-state index in [9.17, 15) is 10.2 Å². The van der Waals surface area contributed by atoms with E-state index in [1.54, 1.807) is 13.1 Å². The van der Waals surface area contributed by atoms with E-state index in [2.05, 4.69) is 10.3 Å². The van der Waals surface area contributed by atoms with E-state index in [4.69, 9.17) is 0 Å². The quantitative estimate of drug-likeness (QED) is 0.748. The molecule has 2 atom stereocenters. The zero-order valence-electron chi connectivity index (χ0n) is 11.2. The fourth-order valence-corrected chi connectivity index (χ4v) is 1.95. The highest BCUT2D eigenvalue weighted by atomic mass is 16.3. The fourth-order valence-electron chi connectivity index (χ4n) is 1.95. The van der Waals surface area contributed by atoms with Gasteiger partial charge in [0.05, 0.1) is 11.8 Å². The van der Waals surface area contributed by atoms with Crippen LogP contribution in [-0.4, -0.2) is 27.3 Å². The molecular formula is C13H22N2O2. The Morgan fingerprint density at radius 3 is 2.35 bits per heavy atom. The van der Waals surface area contributed by atoms with Gasteiger partial charge in [0.25, 0.3) is 0 Å². The summed E-state index contributed by atoms with van der Waals surface area (Å²) in [4.78, 5) is 4.06. The number of aliphatic hydroxyl groups excluding tert-OH is 1. The van der Waals surface area contributed by atoms with Gasteiger partial charge >= 0.3 is 0 Å². The molecule has 1 aromatic heterocycles. The van der Waals surface area contributed by atoms with Gasteiger partial charge in [-0.3, -0.25) is 4.98 Å². The molecular weight excluding hydrogens is 216 g/mol. The molecule has 4 heteroatoms. The van der Waals surface area contributed by atoms with Crippen molar-refractivity contribution >= 4 is 0 Å². The topological polar surface area (TPSA) is 65.4 Å². The Balaban J connectivity index is 3.03. The first-order chi connectivity index (χ1) is 7.84. The number of nitrogens with one attached hydrogen (secondary N) is 1. The minimum absolute atomic E-state index is 0.0925. The summed E-state index contributed by atoms with van der Waals surface area (Å²) in [6, 6.07) is 0.159. The Bertz CT molecular complexity index is 391. The standard InChI is InChI=1S/C13H22N2O2/c1-7(2)15-10(5)13(17)11-8(3)6-14-9(4)12(11)16/h6-7,10,13,15-17H,1-5H3. The first kappa shape index (κ1) is 13.9. The molecule has 0 bridgehead atoms. The Kier molecular flexibility index (Phi) is 4.48. The van der Waals surface area contributed by atoms with Crippen LogP contribution >= 0.6 is 0 Å². The van der Waals surface area contributed by atoms with Crippen molar-refractivity contribution in [2.75, 3.05) is 0 Å². The number of aryl methyl sites for hydroxylation is 2. The molecule has 0 saturated heterocycles. The van der Waals surface area contributed by atoms with Gasteiger partial charge in [0.2, 0.25) is 0 Å². The van der Waals surface area contributed by atoms with E-state index >= 15 is 0 Å². The lowest BCUT2D eigenvalue weighted by Gasteiger charge is -2.25. The van der Waals surface area contributed by atoms with Gasteiger partial charge in [-0.1, -0.05) is 13.8 Å². The van der Waals surface area contributed by atoms with Crippen LogP contribution in [0.5, 0.6) is 5.75 Å². The van der Waals surface area contributed by atoms with Gasteiger partial charge in [-0.15, -0.1) is 0 Å². The average Bonchev–Trinajstić information content (AvgIpc) is 2.23. The second kappa shape index (κ2) is 5.47. The van der Waals surface area contributed by atoms with Gasteiger partial charge in [-0.25, -0.2) is 0 Å². The first-order valence-electron chi connectivity index (χ1n) is 5.93. The molecule has 0 radical (unpaired) electrons. The average molecular weight is 238 g/mol. The lowest BCUT2D eigenvalue weighted by atomic mass is 9.98. The summed E-state index contributed by atoms with van der Waals surface area (Å²) < 4.78 is 0. The van der Waals surface area contributed by atoms with Crippen molar-refractivity contribution in [3.63, 3.8) is 0 Å². The number of pyridine rings is 1. The van der Waals surface area contributed by atoms with E-state index < -0.39 is 6.10 Å². The lowest BCUT2D eigenvalue weighted by molar-refractivity contribution is 0.128. The molecule has 0 fully saturated rings. The maximum Gasteiger partial charge on any atom is 0.142 e. The summed E-state index contributed by atoms with van der Waals surface area (Å²) in [5.74, 6) is 0.0925. The van der Waals surface area contributed by atoms with Crippen molar-refractivity contribution in [2.24, 2.45) is 0 Å². The largest absolute Gasteiger partial charge is 0.506 e. The van der Waals surface area contributed by atoms with Gasteiger partial charge < -0.3 is 15.5 Å². The van der Waals surface area contributed by atoms with Gasteiger partial charge in [0.15, 0.2) is 0 Å². The van der Waals surface area contributed by atoms with Crippen LogP contribution in [0.3, 0.4) is 0 Å². The minimum atomic E-state index is -0.737. The number of rotatable bonds is 4. The van der Waals surface area contributed by atoms with Crippen molar-refractivity contribution < 1.29 is 10.2 Å². The molecule has 0 amide bonds. The van der Waals surface area contributed by atoms with E-state index in [0.717, 1.165) is 5.56 Å². The second-order valence-corrected chi connectivity index (χ2v) is 4.84. The van der Waals surface area contributed by atoms with Crippen molar-refractivity contribution in [1.29, 1.82) is 0 Å². The number of aromatic hydroxyl groups is 1. The molecule has 4 nitrogen and oxygen atoms in total. The third kappa shape index (κ3) is 3.17. The maximum atomic E-state index is 10.3. The van der Waals surface area contributed by atoms with Gasteiger partial charge in [0, 0.05) is 23.8 Å². The SMILES string of the molecule is Cc1cnc(C)c(O)c1C(O)C(C)NC(C)C. The third-order valence-electron chi connectivity index (χ3n) is 2.84. The number of aliphatic hydroxyl groups is 1. The molecule has 96 valence electrons. The van der Waals surface area contributed by atoms with Crippen LogP contribution in [0.1, 0.15) is 43.7 Å². The number of hydrogen-bond donors (Lipinski definition) is 3. The molecule has 2 unspecified atom stereocenters. The molecule has 3 N–H and O–H groups in total. The van der Waals surface area contributed by atoms with Crippen molar-refractivity contribution in [2.45, 2.75) is 52.8 Å². The summed E-state index contributed by atoms with van der Waals surface area (Å²) in [7, 11) is 0. The molecule has 0 saturated carbocycles. The highest BCUT2D eigenvalue weighted by molar-refractivity contribution is 5.42. The summed E-state index contributed by atoms with van der Waals surface area (Å²) >= 11 is 0. The van der Waals surface area contributed by atoms with Crippen LogP contribution in [0.15, 0.2) is 6.20 Å². The number of nitrogens with zero attached hydrogens (tertiary/aromatic N) is 1. The monoisotopic (exact) mass is 238 g/mol. The van der Waals surface area contributed by atoms with Gasteiger partial charge in [-0.05, 0) is 26.3 Å². The van der Waals surface area contributed by atoms with Crippen LogP contribution in [0.4, 0.5) is 0 Å². The smallest absolute Gasteiger partial charge is 0.142 e. The normalized spacial score (nSPS) is 15.0. The molecule has 1 aromatic rings. The van der Waals surface area contributed by atoms with Crippen molar-refractivity contribution in [3.05, 3.63) is 23.0 Å². The molecule has 0 aliphatic heterocycles. The van der Waals surface area contributed by atoms with E-state index in [-0.39, 0.29) is 17.8 Å². The second-order valence-electron chi connectivity index (χ2n) is 4.84. The van der Waals surface area contributed by atoms with Gasteiger partial charge in [-0.2, -0.15) is 0 Å². The number of aromatic nitrogens is 1. The molecule has 1 heterocycles. The molecule has 0 aliphatic carbocycles. The Labute approximate surface area is 103 Å². The Morgan fingerprint density at radius 2 is 1.82 bits per heavy atom. The molecule has 0 aromatic carbocycles. The molecule has 17 heavy (non-hydrogen) atoms. The molecule has 0 aliphatic rings.